The van der Waals surface area contributed by atoms with Gasteiger partial charge < -0.3 is 15.1 Å². The minimum Gasteiger partial charge on any atom is -0.449 e. The molecule has 2 rings (SSSR count). The summed E-state index contributed by atoms with van der Waals surface area (Å²) in [5, 5.41) is 0. The maximum atomic E-state index is 10.8. The Labute approximate surface area is 73.2 Å². The Kier molecular flexibility index (Phi) is 1.63. The van der Waals surface area contributed by atoms with Crippen molar-refractivity contribution >= 4 is 5.88 Å². The number of nitrogens with zero attached hydrogens (tertiary/aromatic N) is 1. The van der Waals surface area contributed by atoms with Crippen LogP contribution < -0.4 is 11.4 Å². The van der Waals surface area contributed by atoms with Crippen molar-refractivity contribution in [3.05, 3.63) is 35.1 Å². The fraction of sp³-hybridized carbons (Fsp3) is 0. The van der Waals surface area contributed by atoms with E-state index in [2.05, 4.69) is 9.97 Å². The highest BCUT2D eigenvalue weighted by Crippen LogP contribution is 2.19. The zero-order valence-electron chi connectivity index (χ0n) is 6.65. The number of hydrogen-bond donors (Lipinski definition) is 2. The minimum atomic E-state index is -0.391. The van der Waals surface area contributed by atoms with Crippen molar-refractivity contribution in [2.45, 2.75) is 0 Å². The fourth-order valence-electron chi connectivity index (χ4n) is 1.03. The van der Waals surface area contributed by atoms with Crippen LogP contribution in [-0.4, -0.2) is 9.97 Å². The second kappa shape index (κ2) is 2.78. The molecule has 0 unspecified atom stereocenters. The lowest BCUT2D eigenvalue weighted by Gasteiger charge is -1.92. The average Bonchev–Trinajstić information content (AvgIpc) is 2.52. The van der Waals surface area contributed by atoms with Crippen molar-refractivity contribution in [3.63, 3.8) is 0 Å². The normalized spacial score (nSPS) is 10.2. The smallest absolute Gasteiger partial charge is 0.345 e. The van der Waals surface area contributed by atoms with Crippen molar-refractivity contribution in [1.82, 2.24) is 9.97 Å². The standard InChI is InChI=1S/C8H7N3O2/c9-7-3-5(4-13-7)6-1-2-10-8(12)11-6/h1-4H,9H2,(H,10,11,12). The third-order valence-electron chi connectivity index (χ3n) is 1.61. The van der Waals surface area contributed by atoms with Crippen LogP contribution in [0.25, 0.3) is 11.3 Å². The van der Waals surface area contributed by atoms with Crippen LogP contribution in [0.3, 0.4) is 0 Å². The molecule has 0 aliphatic carbocycles. The lowest BCUT2D eigenvalue weighted by molar-refractivity contribution is 0.588. The largest absolute Gasteiger partial charge is 0.449 e. The first-order valence-electron chi connectivity index (χ1n) is 3.65. The molecule has 5 heteroatoms. The van der Waals surface area contributed by atoms with Gasteiger partial charge >= 0.3 is 5.69 Å². The molecule has 0 amide bonds. The third kappa shape index (κ3) is 1.44. The van der Waals surface area contributed by atoms with E-state index in [0.717, 1.165) is 5.56 Å². The topological polar surface area (TPSA) is 84.9 Å². The molecule has 0 fully saturated rings. The summed E-state index contributed by atoms with van der Waals surface area (Å²) in [6.07, 6.45) is 2.90. The van der Waals surface area contributed by atoms with Gasteiger partial charge in [0.25, 0.3) is 0 Å². The Morgan fingerprint density at radius 1 is 1.54 bits per heavy atom. The summed E-state index contributed by atoms with van der Waals surface area (Å²) in [6, 6.07) is 3.30. The summed E-state index contributed by atoms with van der Waals surface area (Å²) in [4.78, 5) is 16.9. The molecule has 0 aliphatic heterocycles. The first-order valence-corrected chi connectivity index (χ1v) is 3.65. The second-order valence-corrected chi connectivity index (χ2v) is 2.53. The molecule has 0 aliphatic rings. The first-order chi connectivity index (χ1) is 6.25. The molecule has 2 aromatic rings. The molecule has 0 saturated heterocycles. The van der Waals surface area contributed by atoms with E-state index in [-0.39, 0.29) is 0 Å². The zero-order chi connectivity index (χ0) is 9.26. The summed E-state index contributed by atoms with van der Waals surface area (Å²) < 4.78 is 4.89. The summed E-state index contributed by atoms with van der Waals surface area (Å²) in [5.74, 6) is 0.313. The summed E-state index contributed by atoms with van der Waals surface area (Å²) >= 11 is 0. The van der Waals surface area contributed by atoms with Crippen LogP contribution in [-0.2, 0) is 0 Å². The van der Waals surface area contributed by atoms with Crippen molar-refractivity contribution in [3.8, 4) is 11.3 Å². The van der Waals surface area contributed by atoms with Gasteiger partial charge in [-0.2, -0.15) is 0 Å². The molecule has 0 radical (unpaired) electrons. The Morgan fingerprint density at radius 3 is 3.00 bits per heavy atom. The van der Waals surface area contributed by atoms with Crippen molar-refractivity contribution in [1.29, 1.82) is 0 Å². The maximum absolute atomic E-state index is 10.8. The molecule has 0 saturated carbocycles. The molecule has 2 aromatic heterocycles. The van der Waals surface area contributed by atoms with E-state index in [0.29, 0.717) is 11.6 Å². The van der Waals surface area contributed by atoms with Gasteiger partial charge in [0.15, 0.2) is 5.88 Å². The highest BCUT2D eigenvalue weighted by molar-refractivity contribution is 5.60. The highest BCUT2D eigenvalue weighted by Gasteiger charge is 2.01. The van der Waals surface area contributed by atoms with Crippen molar-refractivity contribution in [2.24, 2.45) is 0 Å². The Balaban J connectivity index is 2.52. The van der Waals surface area contributed by atoms with Gasteiger partial charge in [-0.05, 0) is 6.07 Å². The number of nitrogens with two attached hydrogens (primary N) is 1. The van der Waals surface area contributed by atoms with Crippen LogP contribution in [0.2, 0.25) is 0 Å². The van der Waals surface area contributed by atoms with Crippen LogP contribution in [0.15, 0.2) is 33.8 Å². The van der Waals surface area contributed by atoms with Gasteiger partial charge in [-0.15, -0.1) is 0 Å². The number of nitrogen functional groups attached to an aromatic ring is 1. The van der Waals surface area contributed by atoms with E-state index in [4.69, 9.17) is 10.2 Å². The van der Waals surface area contributed by atoms with Crippen LogP contribution in [0.1, 0.15) is 0 Å². The number of hydrogen-bond acceptors (Lipinski definition) is 4. The summed E-state index contributed by atoms with van der Waals surface area (Å²) in [5.41, 5.74) is 6.36. The van der Waals surface area contributed by atoms with E-state index in [1.165, 1.54) is 12.5 Å². The molecule has 0 atom stereocenters. The van der Waals surface area contributed by atoms with Gasteiger partial charge in [0.05, 0.1) is 5.69 Å². The molecular weight excluding hydrogens is 170 g/mol. The van der Waals surface area contributed by atoms with E-state index in [1.807, 2.05) is 0 Å². The monoisotopic (exact) mass is 177 g/mol. The van der Waals surface area contributed by atoms with Crippen LogP contribution in [0.5, 0.6) is 0 Å². The zero-order valence-corrected chi connectivity index (χ0v) is 6.65. The number of anilines is 1. The van der Waals surface area contributed by atoms with E-state index < -0.39 is 5.69 Å². The Morgan fingerprint density at radius 2 is 2.38 bits per heavy atom. The number of aromatic nitrogens is 2. The number of rotatable bonds is 1. The predicted molar refractivity (Wildman–Crippen MR) is 47.0 cm³/mol. The van der Waals surface area contributed by atoms with Crippen molar-refractivity contribution in [2.75, 3.05) is 5.73 Å². The van der Waals surface area contributed by atoms with E-state index in [9.17, 15) is 4.79 Å². The number of furan rings is 1. The van der Waals surface area contributed by atoms with Gasteiger partial charge in [0.1, 0.15) is 6.26 Å². The highest BCUT2D eigenvalue weighted by atomic mass is 16.3. The molecule has 0 aromatic carbocycles. The molecule has 13 heavy (non-hydrogen) atoms. The molecule has 0 spiro atoms. The molecular formula is C8H7N3O2. The second-order valence-electron chi connectivity index (χ2n) is 2.53. The lowest BCUT2D eigenvalue weighted by Crippen LogP contribution is -2.08. The minimum absolute atomic E-state index is 0.313. The number of aromatic amines is 1. The van der Waals surface area contributed by atoms with Gasteiger partial charge in [-0.1, -0.05) is 0 Å². The maximum Gasteiger partial charge on any atom is 0.345 e. The van der Waals surface area contributed by atoms with E-state index in [1.54, 1.807) is 12.1 Å². The predicted octanol–water partition coefficient (Wildman–Crippen LogP) is 0.612. The quantitative estimate of drug-likeness (QED) is 0.668. The summed E-state index contributed by atoms with van der Waals surface area (Å²) in [6.45, 7) is 0. The van der Waals surface area contributed by atoms with Crippen LogP contribution >= 0.6 is 0 Å². The number of nitrogens with one attached hydrogen (secondary N) is 1. The third-order valence-corrected chi connectivity index (χ3v) is 1.61. The SMILES string of the molecule is Nc1cc(-c2ccnc(=O)[nH]2)co1. The molecule has 66 valence electrons. The van der Waals surface area contributed by atoms with Gasteiger partial charge in [-0.3, -0.25) is 0 Å². The molecule has 0 bridgehead atoms. The lowest BCUT2D eigenvalue weighted by atomic mass is 10.2. The Hall–Kier alpha value is -2.04. The number of H-pyrrole nitrogens is 1. The fourth-order valence-corrected chi connectivity index (χ4v) is 1.03. The van der Waals surface area contributed by atoms with E-state index >= 15 is 0 Å². The Bertz CT molecular complexity index is 472. The van der Waals surface area contributed by atoms with Crippen LogP contribution in [0.4, 0.5) is 5.88 Å². The average molecular weight is 177 g/mol. The van der Waals surface area contributed by atoms with Crippen LogP contribution in [0, 0.1) is 0 Å². The first kappa shape index (κ1) is 7.60. The van der Waals surface area contributed by atoms with Gasteiger partial charge in [0, 0.05) is 17.8 Å². The van der Waals surface area contributed by atoms with Gasteiger partial charge in [0.2, 0.25) is 0 Å². The molecule has 3 N–H and O–H groups in total. The molecule has 2 heterocycles. The molecule has 5 nitrogen and oxygen atoms in total. The summed E-state index contributed by atoms with van der Waals surface area (Å²) in [7, 11) is 0. The van der Waals surface area contributed by atoms with Crippen molar-refractivity contribution < 1.29 is 4.42 Å². The van der Waals surface area contributed by atoms with Gasteiger partial charge in [-0.25, -0.2) is 9.78 Å².